The van der Waals surface area contributed by atoms with Gasteiger partial charge in [0.2, 0.25) is 4.69 Å². The van der Waals surface area contributed by atoms with E-state index in [1.54, 1.807) is 0 Å². The molecule has 48 valence electrons. The van der Waals surface area contributed by atoms with Crippen LogP contribution in [0.1, 0.15) is 6.42 Å². The van der Waals surface area contributed by atoms with Gasteiger partial charge in [-0.25, -0.2) is 0 Å². The van der Waals surface area contributed by atoms with Gasteiger partial charge < -0.3 is 10.8 Å². The van der Waals surface area contributed by atoms with Crippen molar-refractivity contribution in [2.75, 3.05) is 6.61 Å². The number of carbonyl (C=O) groups is 1. The molecule has 0 aliphatic carbocycles. The zero-order valence-electron chi connectivity index (χ0n) is 4.30. The number of aliphatic hydroxyl groups is 1. The summed E-state index contributed by atoms with van der Waals surface area (Å²) in [6.45, 7) is -0.0431. The van der Waals surface area contributed by atoms with Gasteiger partial charge in [0.15, 0.2) is 0 Å². The van der Waals surface area contributed by atoms with E-state index in [4.69, 9.17) is 10.8 Å². The van der Waals surface area contributed by atoms with Crippen LogP contribution >= 0.6 is 15.9 Å². The highest BCUT2D eigenvalue weighted by molar-refractivity contribution is 9.18. The molecule has 0 amide bonds. The Hall–Kier alpha value is 0.0700. The van der Waals surface area contributed by atoms with E-state index in [0.717, 1.165) is 0 Å². The average molecular weight is 182 g/mol. The number of aliphatic hydroxyl groups excluding tert-OH is 1. The van der Waals surface area contributed by atoms with Crippen LogP contribution in [-0.2, 0) is 4.79 Å². The summed E-state index contributed by atoms with van der Waals surface area (Å²) in [5.41, 5.74) is 5.17. The quantitative estimate of drug-likeness (QED) is 0.584. The van der Waals surface area contributed by atoms with Crippen LogP contribution in [0, 0.1) is 0 Å². The summed E-state index contributed by atoms with van der Waals surface area (Å²) in [4.78, 5) is 10.2. The highest BCUT2D eigenvalue weighted by atomic mass is 79.9. The van der Waals surface area contributed by atoms with Gasteiger partial charge in [-0.2, -0.15) is 0 Å². The molecule has 0 saturated heterocycles. The Morgan fingerprint density at radius 2 is 2.38 bits per heavy atom. The van der Waals surface area contributed by atoms with Crippen LogP contribution in [0.5, 0.6) is 0 Å². The Kier molecular flexibility index (Phi) is 4.03. The zero-order chi connectivity index (χ0) is 6.57. The standard InChI is InChI=1S/C4H8BrNO2/c5-4(8)3(6)1-2-7/h3,7H,1-2,6H2. The molecule has 4 heteroatoms. The molecule has 3 N–H and O–H groups in total. The summed E-state index contributed by atoms with van der Waals surface area (Å²) < 4.78 is -0.258. The molecule has 0 bridgehead atoms. The molecule has 0 aromatic heterocycles. The van der Waals surface area contributed by atoms with Gasteiger partial charge in [-0.15, -0.1) is 0 Å². The van der Waals surface area contributed by atoms with E-state index < -0.39 is 6.04 Å². The van der Waals surface area contributed by atoms with Crippen LogP contribution in [0.15, 0.2) is 0 Å². The van der Waals surface area contributed by atoms with E-state index in [0.29, 0.717) is 6.42 Å². The fourth-order valence-corrected chi connectivity index (χ4v) is 0.481. The predicted molar refractivity (Wildman–Crippen MR) is 33.6 cm³/mol. The second-order valence-corrected chi connectivity index (χ2v) is 2.20. The minimum absolute atomic E-state index is 0.0431. The highest BCUT2D eigenvalue weighted by Gasteiger charge is 2.06. The van der Waals surface area contributed by atoms with E-state index in [2.05, 4.69) is 15.9 Å². The maximum absolute atomic E-state index is 10.2. The predicted octanol–water partition coefficient (Wildman–Crippen LogP) is -0.382. The van der Waals surface area contributed by atoms with Crippen LogP contribution < -0.4 is 5.73 Å². The molecule has 8 heavy (non-hydrogen) atoms. The third-order valence-electron chi connectivity index (χ3n) is 0.732. The molecule has 0 spiro atoms. The molecule has 0 rings (SSSR count). The van der Waals surface area contributed by atoms with Crippen LogP contribution in [0.25, 0.3) is 0 Å². The van der Waals surface area contributed by atoms with E-state index in [9.17, 15) is 4.79 Å². The molecule has 0 heterocycles. The Balaban J connectivity index is 3.32. The van der Waals surface area contributed by atoms with Gasteiger partial charge in [-0.1, -0.05) is 0 Å². The molecular weight excluding hydrogens is 174 g/mol. The molecule has 3 nitrogen and oxygen atoms in total. The summed E-state index contributed by atoms with van der Waals surface area (Å²) in [6.07, 6.45) is 0.323. The van der Waals surface area contributed by atoms with Gasteiger partial charge in [0.05, 0.1) is 6.04 Å². The van der Waals surface area contributed by atoms with Gasteiger partial charge in [0.25, 0.3) is 0 Å². The molecule has 0 aliphatic rings. The van der Waals surface area contributed by atoms with E-state index in [1.807, 2.05) is 0 Å². The summed E-state index contributed by atoms with van der Waals surface area (Å²) in [5, 5.41) is 8.23. The lowest BCUT2D eigenvalue weighted by molar-refractivity contribution is -0.111. The average Bonchev–Trinajstić information content (AvgIpc) is 1.67. The van der Waals surface area contributed by atoms with Crippen molar-refractivity contribution in [1.82, 2.24) is 0 Å². The minimum Gasteiger partial charge on any atom is -0.396 e. The Morgan fingerprint density at radius 3 is 2.50 bits per heavy atom. The lowest BCUT2D eigenvalue weighted by Gasteiger charge is -2.00. The van der Waals surface area contributed by atoms with Crippen molar-refractivity contribution in [3.05, 3.63) is 0 Å². The van der Waals surface area contributed by atoms with Crippen molar-refractivity contribution >= 4 is 20.6 Å². The van der Waals surface area contributed by atoms with Crippen molar-refractivity contribution in [2.24, 2.45) is 5.73 Å². The van der Waals surface area contributed by atoms with Gasteiger partial charge >= 0.3 is 0 Å². The Morgan fingerprint density at radius 1 is 1.88 bits per heavy atom. The van der Waals surface area contributed by atoms with Gasteiger partial charge in [0, 0.05) is 6.61 Å². The van der Waals surface area contributed by atoms with E-state index >= 15 is 0 Å². The van der Waals surface area contributed by atoms with E-state index in [-0.39, 0.29) is 11.3 Å². The largest absolute Gasteiger partial charge is 0.396 e. The molecular formula is C4H8BrNO2. The highest BCUT2D eigenvalue weighted by Crippen LogP contribution is 1.93. The van der Waals surface area contributed by atoms with Crippen molar-refractivity contribution in [3.63, 3.8) is 0 Å². The first-order valence-electron chi connectivity index (χ1n) is 2.24. The third-order valence-corrected chi connectivity index (χ3v) is 1.32. The number of nitrogens with two attached hydrogens (primary N) is 1. The topological polar surface area (TPSA) is 63.3 Å². The number of carbonyl (C=O) groups excluding carboxylic acids is 1. The molecule has 0 aliphatic heterocycles. The lowest BCUT2D eigenvalue weighted by Crippen LogP contribution is -2.27. The van der Waals surface area contributed by atoms with E-state index in [1.165, 1.54) is 0 Å². The number of hydrogen-bond donors (Lipinski definition) is 2. The molecule has 0 radical (unpaired) electrons. The van der Waals surface area contributed by atoms with Crippen LogP contribution in [0.4, 0.5) is 0 Å². The maximum atomic E-state index is 10.2. The first-order valence-corrected chi connectivity index (χ1v) is 3.03. The number of rotatable bonds is 3. The molecule has 1 atom stereocenters. The maximum Gasteiger partial charge on any atom is 0.214 e. The molecule has 0 saturated carbocycles. The fourth-order valence-electron chi connectivity index (χ4n) is 0.253. The Labute approximate surface area is 56.0 Å². The second-order valence-electron chi connectivity index (χ2n) is 1.42. The molecule has 1 unspecified atom stereocenters. The minimum atomic E-state index is -0.556. The lowest BCUT2D eigenvalue weighted by atomic mass is 10.3. The van der Waals surface area contributed by atoms with Crippen LogP contribution in [-0.4, -0.2) is 22.4 Å². The van der Waals surface area contributed by atoms with Crippen LogP contribution in [0.3, 0.4) is 0 Å². The summed E-state index contributed by atoms with van der Waals surface area (Å²) >= 11 is 2.67. The monoisotopic (exact) mass is 181 g/mol. The van der Waals surface area contributed by atoms with Gasteiger partial charge in [-0.05, 0) is 22.4 Å². The third kappa shape index (κ3) is 3.12. The SMILES string of the molecule is NC(CCO)C(=O)Br. The Bertz CT molecular complexity index is 86.1. The summed E-state index contributed by atoms with van der Waals surface area (Å²) in [5.74, 6) is 0. The van der Waals surface area contributed by atoms with Crippen molar-refractivity contribution in [1.29, 1.82) is 0 Å². The van der Waals surface area contributed by atoms with Gasteiger partial charge in [-0.3, -0.25) is 4.79 Å². The first kappa shape index (κ1) is 8.07. The molecule has 0 aromatic carbocycles. The first-order chi connectivity index (χ1) is 3.68. The van der Waals surface area contributed by atoms with Crippen molar-refractivity contribution in [3.8, 4) is 0 Å². The van der Waals surface area contributed by atoms with Gasteiger partial charge in [0.1, 0.15) is 0 Å². The van der Waals surface area contributed by atoms with Crippen molar-refractivity contribution in [2.45, 2.75) is 12.5 Å². The van der Waals surface area contributed by atoms with Crippen LogP contribution in [0.2, 0.25) is 0 Å². The smallest absolute Gasteiger partial charge is 0.214 e. The fraction of sp³-hybridized carbons (Fsp3) is 0.750. The summed E-state index contributed by atoms with van der Waals surface area (Å²) in [6, 6.07) is -0.556. The second kappa shape index (κ2) is 4.00. The normalized spacial score (nSPS) is 13.4. The summed E-state index contributed by atoms with van der Waals surface area (Å²) in [7, 11) is 0. The number of halogens is 1. The molecule has 0 aromatic rings. The van der Waals surface area contributed by atoms with Crippen molar-refractivity contribution < 1.29 is 9.90 Å². The molecule has 0 fully saturated rings. The zero-order valence-corrected chi connectivity index (χ0v) is 5.89. The number of hydrogen-bond acceptors (Lipinski definition) is 3.